The molecule has 4 fully saturated rings. The molecule has 36 heteroatoms. The van der Waals surface area contributed by atoms with Crippen LogP contribution in [0.1, 0.15) is 137 Å². The van der Waals surface area contributed by atoms with Crippen molar-refractivity contribution in [3.05, 3.63) is 64.5 Å². The number of hydrogen-bond acceptors (Lipinski definition) is 29. The number of aryl methyl sites for hydroxylation is 2. The van der Waals surface area contributed by atoms with Crippen LogP contribution in [-0.2, 0) is 75.2 Å². The van der Waals surface area contributed by atoms with E-state index < -0.39 is 123 Å². The number of carbonyl (C=O) groups is 13. The van der Waals surface area contributed by atoms with Gasteiger partial charge in [0.15, 0.2) is 5.78 Å². The van der Waals surface area contributed by atoms with E-state index in [1.54, 1.807) is 66.6 Å². The van der Waals surface area contributed by atoms with Crippen molar-refractivity contribution in [1.82, 2.24) is 70.4 Å². The average molecular weight is 1880 g/mol. The van der Waals surface area contributed by atoms with Gasteiger partial charge in [0, 0.05) is 218 Å². The Hall–Kier alpha value is -6.27. The first-order chi connectivity index (χ1) is 53.5. The minimum Gasteiger partial charge on any atom is -0.549 e. The first-order valence-corrected chi connectivity index (χ1v) is 39.2. The molecule has 0 aliphatic carbocycles. The molecular weight excluding hydrogens is 1770 g/mol. The number of hydrogen-bond donors (Lipinski definition) is 5. The molecule has 34 nitrogen and oxygen atoms in total. The van der Waals surface area contributed by atoms with E-state index in [0.717, 1.165) is 43.5 Å². The van der Waals surface area contributed by atoms with Gasteiger partial charge in [-0.15, -0.1) is 0 Å². The van der Waals surface area contributed by atoms with Gasteiger partial charge >= 0.3 is 85.9 Å². The molecule has 630 valence electrons. The van der Waals surface area contributed by atoms with Gasteiger partial charge in [0.2, 0.25) is 23.6 Å². The van der Waals surface area contributed by atoms with Gasteiger partial charge in [-0.2, -0.15) is 0 Å². The molecular formula is C78H112Gd2N14O20. The zero-order valence-corrected chi connectivity index (χ0v) is 70.1. The average Bonchev–Trinajstić information content (AvgIpc) is 0.851. The van der Waals surface area contributed by atoms with Crippen LogP contribution >= 0.6 is 0 Å². The van der Waals surface area contributed by atoms with Crippen LogP contribution < -0.4 is 51.9 Å². The molecule has 5 N–H and O–H groups in total. The maximum absolute atomic E-state index is 14.0. The van der Waals surface area contributed by atoms with Crippen molar-refractivity contribution in [2.24, 2.45) is 11.8 Å². The summed E-state index contributed by atoms with van der Waals surface area (Å²) in [5.41, 5.74) is 3.59. The van der Waals surface area contributed by atoms with E-state index in [2.05, 4.69) is 44.2 Å². The third kappa shape index (κ3) is 40.3. The number of aliphatic carboxylic acids is 7. The predicted molar refractivity (Wildman–Crippen MR) is 395 cm³/mol. The number of rotatable bonds is 40. The maximum Gasteiger partial charge on any atom is 3.00 e. The first kappa shape index (κ1) is 100. The monoisotopic (exact) mass is 1880 g/mol. The van der Waals surface area contributed by atoms with Crippen molar-refractivity contribution >= 4 is 77.0 Å². The quantitative estimate of drug-likeness (QED) is 0.0306. The van der Waals surface area contributed by atoms with E-state index in [1.807, 2.05) is 12.1 Å². The van der Waals surface area contributed by atoms with Crippen LogP contribution in [0.15, 0.2) is 36.7 Å². The molecule has 4 amide bonds. The van der Waals surface area contributed by atoms with Crippen LogP contribution in [0.4, 0.5) is 0 Å². The van der Waals surface area contributed by atoms with Crippen molar-refractivity contribution < 1.29 is 178 Å². The first-order valence-electron chi connectivity index (χ1n) is 39.2. The fourth-order valence-corrected chi connectivity index (χ4v) is 14.6. The van der Waals surface area contributed by atoms with Gasteiger partial charge in [-0.25, -0.2) is 0 Å². The Morgan fingerprint density at radius 2 is 0.939 bits per heavy atom. The van der Waals surface area contributed by atoms with Crippen LogP contribution in [0.5, 0.6) is 0 Å². The van der Waals surface area contributed by atoms with Gasteiger partial charge in [-0.3, -0.25) is 77.7 Å². The Morgan fingerprint density at radius 3 is 1.39 bits per heavy atom. The number of amides is 4. The van der Waals surface area contributed by atoms with E-state index in [-0.39, 0.29) is 241 Å². The second-order valence-electron chi connectivity index (χ2n) is 29.8. The van der Waals surface area contributed by atoms with Crippen molar-refractivity contribution in [2.45, 2.75) is 135 Å². The van der Waals surface area contributed by atoms with Crippen molar-refractivity contribution in [1.29, 1.82) is 0 Å². The maximum atomic E-state index is 14.0. The van der Waals surface area contributed by atoms with E-state index >= 15 is 0 Å². The van der Waals surface area contributed by atoms with Gasteiger partial charge in [-0.05, 0) is 138 Å². The summed E-state index contributed by atoms with van der Waals surface area (Å²) in [6.07, 6.45) is 11.6. The Bertz CT molecular complexity index is 3340. The molecule has 0 spiro atoms. The number of ketones is 2. The molecule has 5 heterocycles. The molecule has 1 aromatic heterocycles. The summed E-state index contributed by atoms with van der Waals surface area (Å²) in [4.78, 5) is 182. The number of carboxylic acid groups (broad SMARTS) is 7. The molecule has 4 aliphatic rings. The second-order valence-corrected chi connectivity index (χ2v) is 29.8. The number of carboxylic acids is 7. The van der Waals surface area contributed by atoms with Crippen molar-refractivity contribution in [3.63, 3.8) is 0 Å². The molecule has 4 aliphatic heterocycles. The SMILES string of the molecule is CC(C(=O)NCC(=O)CCCCCc1cc(C#Cc2cncc([C@H](CC(=O)O)CC(=O)[C@@H]3CCCN(C(=O)CCC4CCNCC4)C3)c2)cc(CCCCNC(=O)CNC(=O)C(C)N2CCN(CC(=O)[O-])CCN(CC(=O)[O-])CCN(CC(=O)[O-])CC2)c1)N1CCN(CC(=O)[O-])CCN(CC(=O)[O-])CCN(CC(=O)[O-])CC1.[Gd+3].[Gd+3]. The van der Waals surface area contributed by atoms with Gasteiger partial charge < -0.3 is 90.7 Å². The summed E-state index contributed by atoms with van der Waals surface area (Å²) in [5.74, 6) is -5.06. The molecule has 4 atom stereocenters. The predicted octanol–water partition coefficient (Wildman–Crippen LogP) is -7.92. The number of nitrogens with zero attached hydrogens (tertiary/aromatic N) is 10. The summed E-state index contributed by atoms with van der Waals surface area (Å²) in [7, 11) is 0. The Kier molecular flexibility index (Phi) is 48.0. The smallest absolute Gasteiger partial charge is 0.549 e. The van der Waals surface area contributed by atoms with Crippen LogP contribution in [0.2, 0.25) is 0 Å². The van der Waals surface area contributed by atoms with Crippen LogP contribution in [0.3, 0.4) is 0 Å². The molecule has 2 radical (unpaired) electrons. The van der Waals surface area contributed by atoms with Gasteiger partial charge in [0.1, 0.15) is 5.78 Å². The number of likely N-dealkylation sites (tertiary alicyclic amines) is 1. The summed E-state index contributed by atoms with van der Waals surface area (Å²) in [6.45, 7) is 5.14. The summed E-state index contributed by atoms with van der Waals surface area (Å²) in [6, 6.07) is 6.06. The molecule has 2 unspecified atom stereocenters. The molecule has 0 bridgehead atoms. The van der Waals surface area contributed by atoms with Crippen LogP contribution in [0.25, 0.3) is 0 Å². The molecule has 114 heavy (non-hydrogen) atoms. The van der Waals surface area contributed by atoms with E-state index in [0.29, 0.717) is 99.9 Å². The summed E-state index contributed by atoms with van der Waals surface area (Å²) in [5, 5.41) is 91.5. The zero-order chi connectivity index (χ0) is 81.5. The van der Waals surface area contributed by atoms with Crippen molar-refractivity contribution in [3.8, 4) is 11.8 Å². The van der Waals surface area contributed by atoms with Crippen LogP contribution in [-0.4, -0.2) is 333 Å². The van der Waals surface area contributed by atoms with Gasteiger partial charge in [-0.1, -0.05) is 24.3 Å². The topological polar surface area (TPSA) is 471 Å². The fraction of sp³-hybridized carbons (Fsp3) is 0.667. The molecule has 0 saturated carbocycles. The molecule has 2 aromatic rings. The second kappa shape index (κ2) is 54.7. The largest absolute Gasteiger partial charge is 3.00 e. The fourth-order valence-electron chi connectivity index (χ4n) is 14.6. The van der Waals surface area contributed by atoms with Crippen LogP contribution in [0, 0.1) is 104 Å². The summed E-state index contributed by atoms with van der Waals surface area (Å²) >= 11 is 0. The normalized spacial score (nSPS) is 18.4. The van der Waals surface area contributed by atoms with Gasteiger partial charge in [0.25, 0.3) is 0 Å². The third-order valence-electron chi connectivity index (χ3n) is 21.2. The number of nitrogens with one attached hydrogen (secondary N) is 4. The zero-order valence-electron chi connectivity index (χ0n) is 65.6. The van der Waals surface area contributed by atoms with E-state index in [9.17, 15) is 98.1 Å². The molecule has 1 aromatic carbocycles. The Morgan fingerprint density at radius 1 is 0.500 bits per heavy atom. The number of piperidine rings is 2. The number of Topliss-reactive ketones (excluding diaryl/α,β-unsaturated/α-hetero) is 2. The Balaban J connectivity index is 0.0000137. The number of unbranched alkanes of at least 4 members (excludes halogenated alkanes) is 3. The number of benzene rings is 1. The molecule has 6 rings (SSSR count). The van der Waals surface area contributed by atoms with Gasteiger partial charge in [0.05, 0.1) is 67.4 Å². The minimum atomic E-state index is -1.35. The third-order valence-corrected chi connectivity index (χ3v) is 21.2. The minimum absolute atomic E-state index is 0. The Labute approximate surface area is 731 Å². The van der Waals surface area contributed by atoms with E-state index in [1.165, 1.54) is 9.80 Å². The molecule has 4 saturated heterocycles. The van der Waals surface area contributed by atoms with E-state index in [4.69, 9.17) is 0 Å². The van der Waals surface area contributed by atoms with Crippen molar-refractivity contribution in [2.75, 3.05) is 190 Å². The number of carbonyl (C=O) groups excluding carboxylic acids is 12. The number of aromatic nitrogens is 1. The standard InChI is InChI=1S/C78H118N14O20.2Gd/c1-56(90-35-31-86(52-73(103)104)27-23-84(50-71(99)100)24-28-87(32-36-90)53-74(105)106)77(111)82-47-66(93)12-5-3-4-9-59-39-60(10-6-7-19-81-68(95)48-83-78(112)57(2)91-37-33-88(54-75(107)108)29-25-85(51-72(101)102)26-30-89(34-38-91)55-76(109)110)41-61(40-59)13-14-62-42-65(46-80-45-62)64(44-70(97)98)43-67(94)63-11-8-22-92(49-63)69(96)16-15-58-17-20-79-21-18-58;;/h39-42,45-46,56-58,63-64,79H,3-12,15-38,43-44,47-55H2,1-2H3,(H,81,95)(H,82,111)(H,83,112)(H,97,98)(H,99,100)(H,101,102)(H,103,104)(H,105,106)(H,107,108)(H,109,110);;/q;2*+3/p-6/t56?,57?,63-,64+;;/m1../s1. The summed E-state index contributed by atoms with van der Waals surface area (Å²) < 4.78 is 0. The number of pyridine rings is 1.